The summed E-state index contributed by atoms with van der Waals surface area (Å²) in [5, 5.41) is 0. The third-order valence-electron chi connectivity index (χ3n) is 4.36. The molecule has 0 heteroatoms. The van der Waals surface area contributed by atoms with E-state index in [4.69, 9.17) is 0 Å². The van der Waals surface area contributed by atoms with E-state index in [9.17, 15) is 0 Å². The standard InChI is InChI=1S/C18H32.C2H6/c1-3-5-6-7-8-9-10-11-12-18-15-13-17(4-2)14-16-18;1-2/h4,9-10,17-18H,2-3,5-8,11-16H2,1H3;1-2H3/b10-9+;. The molecule has 0 aromatic heterocycles. The van der Waals surface area contributed by atoms with Crippen LogP contribution in [-0.2, 0) is 0 Å². The highest BCUT2D eigenvalue weighted by molar-refractivity contribution is 4.86. The molecule has 1 rings (SSSR count). The number of allylic oxidation sites excluding steroid dienone is 3. The molecule has 1 aliphatic carbocycles. The maximum atomic E-state index is 3.92. The highest BCUT2D eigenvalue weighted by Crippen LogP contribution is 2.31. The summed E-state index contributed by atoms with van der Waals surface area (Å²) in [5.74, 6) is 1.81. The Morgan fingerprint density at radius 1 is 0.900 bits per heavy atom. The van der Waals surface area contributed by atoms with Gasteiger partial charge >= 0.3 is 0 Å². The van der Waals surface area contributed by atoms with Crippen molar-refractivity contribution in [1.29, 1.82) is 0 Å². The molecule has 0 aliphatic heterocycles. The van der Waals surface area contributed by atoms with E-state index in [-0.39, 0.29) is 0 Å². The van der Waals surface area contributed by atoms with Crippen LogP contribution in [0.1, 0.15) is 91.4 Å². The van der Waals surface area contributed by atoms with Crippen molar-refractivity contribution in [3.63, 3.8) is 0 Å². The van der Waals surface area contributed by atoms with Gasteiger partial charge in [-0.3, -0.25) is 0 Å². The van der Waals surface area contributed by atoms with Crippen molar-refractivity contribution in [2.75, 3.05) is 0 Å². The lowest BCUT2D eigenvalue weighted by Gasteiger charge is -2.26. The average Bonchev–Trinajstić information content (AvgIpc) is 2.52. The summed E-state index contributed by atoms with van der Waals surface area (Å²) in [4.78, 5) is 0. The minimum Gasteiger partial charge on any atom is -0.103 e. The van der Waals surface area contributed by atoms with E-state index in [2.05, 4.69) is 31.7 Å². The molecule has 0 nitrogen and oxygen atoms in total. The first-order valence-electron chi connectivity index (χ1n) is 9.14. The van der Waals surface area contributed by atoms with E-state index in [0.717, 1.165) is 11.8 Å². The lowest BCUT2D eigenvalue weighted by atomic mass is 9.80. The highest BCUT2D eigenvalue weighted by Gasteiger charge is 2.17. The second-order valence-electron chi connectivity index (χ2n) is 5.91. The van der Waals surface area contributed by atoms with Crippen molar-refractivity contribution in [2.24, 2.45) is 11.8 Å². The van der Waals surface area contributed by atoms with Crippen molar-refractivity contribution in [3.8, 4) is 0 Å². The third-order valence-corrected chi connectivity index (χ3v) is 4.36. The van der Waals surface area contributed by atoms with Gasteiger partial charge < -0.3 is 0 Å². The van der Waals surface area contributed by atoms with Gasteiger partial charge in [0.15, 0.2) is 0 Å². The Hall–Kier alpha value is -0.520. The first-order chi connectivity index (χ1) is 9.86. The van der Waals surface area contributed by atoms with E-state index in [1.807, 2.05) is 13.8 Å². The minimum absolute atomic E-state index is 0.815. The van der Waals surface area contributed by atoms with Crippen molar-refractivity contribution in [3.05, 3.63) is 24.8 Å². The van der Waals surface area contributed by atoms with Crippen molar-refractivity contribution in [2.45, 2.75) is 91.4 Å². The van der Waals surface area contributed by atoms with Gasteiger partial charge in [0.2, 0.25) is 0 Å². The summed E-state index contributed by atoms with van der Waals surface area (Å²) >= 11 is 0. The van der Waals surface area contributed by atoms with Crippen LogP contribution in [0, 0.1) is 11.8 Å². The predicted octanol–water partition coefficient (Wildman–Crippen LogP) is 7.31. The third kappa shape index (κ3) is 10.3. The summed E-state index contributed by atoms with van der Waals surface area (Å²) in [6.45, 7) is 10.2. The maximum Gasteiger partial charge on any atom is -0.0236 e. The predicted molar refractivity (Wildman–Crippen MR) is 94.1 cm³/mol. The Labute approximate surface area is 128 Å². The smallest absolute Gasteiger partial charge is 0.0236 e. The maximum absolute atomic E-state index is 3.92. The van der Waals surface area contributed by atoms with Gasteiger partial charge in [-0.1, -0.05) is 58.3 Å². The van der Waals surface area contributed by atoms with Crippen LogP contribution in [0.25, 0.3) is 0 Å². The molecule has 0 aromatic carbocycles. The average molecular weight is 279 g/mol. The van der Waals surface area contributed by atoms with Gasteiger partial charge in [0, 0.05) is 0 Å². The van der Waals surface area contributed by atoms with Crippen LogP contribution in [0.5, 0.6) is 0 Å². The van der Waals surface area contributed by atoms with E-state index in [0.29, 0.717) is 0 Å². The largest absolute Gasteiger partial charge is 0.103 e. The van der Waals surface area contributed by atoms with Crippen molar-refractivity contribution >= 4 is 0 Å². The molecule has 0 bridgehead atoms. The fraction of sp³-hybridized carbons (Fsp3) is 0.800. The van der Waals surface area contributed by atoms with Crippen LogP contribution >= 0.6 is 0 Å². The fourth-order valence-electron chi connectivity index (χ4n) is 2.97. The molecule has 118 valence electrons. The molecule has 0 aromatic rings. The summed E-state index contributed by atoms with van der Waals surface area (Å²) in [7, 11) is 0. The quantitative estimate of drug-likeness (QED) is 0.306. The van der Waals surface area contributed by atoms with Gasteiger partial charge in [0.1, 0.15) is 0 Å². The molecule has 1 aliphatic rings. The lowest BCUT2D eigenvalue weighted by molar-refractivity contribution is 0.297. The highest BCUT2D eigenvalue weighted by atomic mass is 14.2. The Bertz CT molecular complexity index is 218. The van der Waals surface area contributed by atoms with Gasteiger partial charge in [-0.25, -0.2) is 0 Å². The SMILES string of the molecule is C=CC1CCC(CC/C=C/CCCCCC)CC1.CC. The van der Waals surface area contributed by atoms with Crippen LogP contribution in [-0.4, -0.2) is 0 Å². The monoisotopic (exact) mass is 278 g/mol. The van der Waals surface area contributed by atoms with E-state index < -0.39 is 0 Å². The summed E-state index contributed by atoms with van der Waals surface area (Å²) < 4.78 is 0. The molecular formula is C20H38. The fourth-order valence-corrected chi connectivity index (χ4v) is 2.97. The molecular weight excluding hydrogens is 240 g/mol. The topological polar surface area (TPSA) is 0 Å². The van der Waals surface area contributed by atoms with Crippen molar-refractivity contribution in [1.82, 2.24) is 0 Å². The molecule has 20 heavy (non-hydrogen) atoms. The van der Waals surface area contributed by atoms with Gasteiger partial charge in [-0.15, -0.1) is 6.58 Å². The number of rotatable bonds is 9. The zero-order chi connectivity index (χ0) is 15.1. The number of hydrogen-bond donors (Lipinski definition) is 0. The normalized spacial score (nSPS) is 22.4. The Morgan fingerprint density at radius 3 is 2.15 bits per heavy atom. The second-order valence-corrected chi connectivity index (χ2v) is 5.91. The van der Waals surface area contributed by atoms with Gasteiger partial charge in [0.25, 0.3) is 0 Å². The molecule has 0 amide bonds. The van der Waals surface area contributed by atoms with Crippen LogP contribution in [0.2, 0.25) is 0 Å². The molecule has 1 saturated carbocycles. The molecule has 0 heterocycles. The number of hydrogen-bond acceptors (Lipinski definition) is 0. The summed E-state index contributed by atoms with van der Waals surface area (Å²) in [6, 6.07) is 0. The molecule has 0 spiro atoms. The molecule has 0 atom stereocenters. The first kappa shape index (κ1) is 19.5. The molecule has 1 fully saturated rings. The molecule has 0 N–H and O–H groups in total. The Kier molecular flexibility index (Phi) is 14.5. The molecule has 0 radical (unpaired) electrons. The van der Waals surface area contributed by atoms with E-state index in [1.165, 1.54) is 70.6 Å². The van der Waals surface area contributed by atoms with Gasteiger partial charge in [-0.05, 0) is 63.2 Å². The van der Waals surface area contributed by atoms with Crippen LogP contribution < -0.4 is 0 Å². The minimum atomic E-state index is 0.815. The van der Waals surface area contributed by atoms with Gasteiger partial charge in [0.05, 0.1) is 0 Å². The molecule has 0 unspecified atom stereocenters. The molecule has 0 saturated heterocycles. The summed E-state index contributed by atoms with van der Waals surface area (Å²) in [5.41, 5.74) is 0. The lowest BCUT2D eigenvalue weighted by Crippen LogP contribution is -2.12. The van der Waals surface area contributed by atoms with Crippen LogP contribution in [0.15, 0.2) is 24.8 Å². The zero-order valence-corrected chi connectivity index (χ0v) is 14.4. The zero-order valence-electron chi connectivity index (χ0n) is 14.4. The van der Waals surface area contributed by atoms with E-state index >= 15 is 0 Å². The summed E-state index contributed by atoms with van der Waals surface area (Å²) in [6.07, 6.45) is 22.2. The number of unbranched alkanes of at least 4 members (excludes halogenated alkanes) is 4. The Morgan fingerprint density at radius 2 is 1.55 bits per heavy atom. The second kappa shape index (κ2) is 14.9. The first-order valence-corrected chi connectivity index (χ1v) is 9.14. The van der Waals surface area contributed by atoms with Crippen molar-refractivity contribution < 1.29 is 0 Å². The van der Waals surface area contributed by atoms with Crippen LogP contribution in [0.3, 0.4) is 0 Å². The van der Waals surface area contributed by atoms with E-state index in [1.54, 1.807) is 0 Å². The van der Waals surface area contributed by atoms with Crippen LogP contribution in [0.4, 0.5) is 0 Å². The van der Waals surface area contributed by atoms with Gasteiger partial charge in [-0.2, -0.15) is 0 Å². The Balaban J connectivity index is 0.00000172.